The number of aryl methyl sites for hydroxylation is 1. The van der Waals surface area contributed by atoms with Gasteiger partial charge in [0.05, 0.1) is 18.0 Å². The van der Waals surface area contributed by atoms with Crippen LogP contribution >= 0.6 is 11.3 Å². The van der Waals surface area contributed by atoms with Crippen molar-refractivity contribution in [2.45, 2.75) is 13.8 Å². The van der Waals surface area contributed by atoms with Crippen LogP contribution in [0.2, 0.25) is 0 Å². The second kappa shape index (κ2) is 8.45. The molecule has 0 spiro atoms. The number of benzene rings is 2. The molecule has 3 aromatic rings. The third kappa shape index (κ3) is 4.18. The molecule has 26 heavy (non-hydrogen) atoms. The number of rotatable bonds is 6. The summed E-state index contributed by atoms with van der Waals surface area (Å²) in [6, 6.07) is 17.2. The highest BCUT2D eigenvalue weighted by Crippen LogP contribution is 2.29. The SMILES string of the molecule is CCOc1ccccc1/C=C/C(=O)N(c1ccccc1)c1nc(C)cs1. The second-order valence-corrected chi connectivity index (χ2v) is 6.42. The van der Waals surface area contributed by atoms with Gasteiger partial charge < -0.3 is 4.74 Å². The standard InChI is InChI=1S/C21H20N2O2S/c1-3-25-19-12-8-7-9-17(19)13-14-20(24)23(18-10-5-4-6-11-18)21-22-16(2)15-26-21/h4-15H,3H2,1-2H3/b14-13+. The van der Waals surface area contributed by atoms with Crippen LogP contribution in [0.4, 0.5) is 10.8 Å². The summed E-state index contributed by atoms with van der Waals surface area (Å²) < 4.78 is 5.62. The van der Waals surface area contributed by atoms with E-state index in [0.717, 1.165) is 22.7 Å². The molecule has 0 aliphatic carbocycles. The van der Waals surface area contributed by atoms with Gasteiger partial charge in [-0.1, -0.05) is 36.4 Å². The lowest BCUT2D eigenvalue weighted by Gasteiger charge is -2.18. The molecule has 0 fully saturated rings. The van der Waals surface area contributed by atoms with Gasteiger partial charge in [-0.25, -0.2) is 4.98 Å². The Kier molecular flexibility index (Phi) is 5.81. The van der Waals surface area contributed by atoms with Crippen LogP contribution in [-0.2, 0) is 4.79 Å². The van der Waals surface area contributed by atoms with Crippen molar-refractivity contribution in [1.29, 1.82) is 0 Å². The molecule has 132 valence electrons. The molecule has 1 heterocycles. The second-order valence-electron chi connectivity index (χ2n) is 5.58. The summed E-state index contributed by atoms with van der Waals surface area (Å²) in [5.74, 6) is 0.604. The van der Waals surface area contributed by atoms with Crippen LogP contribution in [0.3, 0.4) is 0 Å². The van der Waals surface area contributed by atoms with Crippen LogP contribution in [0.5, 0.6) is 5.75 Å². The van der Waals surface area contributed by atoms with Crippen molar-refractivity contribution in [3.63, 3.8) is 0 Å². The first-order chi connectivity index (χ1) is 12.7. The Morgan fingerprint density at radius 3 is 2.58 bits per heavy atom. The fraction of sp³-hybridized carbons (Fsp3) is 0.143. The van der Waals surface area contributed by atoms with Crippen LogP contribution in [0, 0.1) is 6.92 Å². The minimum Gasteiger partial charge on any atom is -0.493 e. The number of thiazole rings is 1. The summed E-state index contributed by atoms with van der Waals surface area (Å²) in [7, 11) is 0. The number of para-hydroxylation sites is 2. The zero-order valence-electron chi connectivity index (χ0n) is 14.8. The van der Waals surface area contributed by atoms with Gasteiger partial charge in [-0.3, -0.25) is 9.69 Å². The van der Waals surface area contributed by atoms with Crippen molar-refractivity contribution in [2.24, 2.45) is 0 Å². The number of aromatic nitrogens is 1. The quantitative estimate of drug-likeness (QED) is 0.563. The summed E-state index contributed by atoms with van der Waals surface area (Å²) >= 11 is 1.45. The third-order valence-corrected chi connectivity index (χ3v) is 4.60. The molecule has 1 aromatic heterocycles. The molecule has 0 saturated heterocycles. The van der Waals surface area contributed by atoms with E-state index in [2.05, 4.69) is 4.98 Å². The van der Waals surface area contributed by atoms with Gasteiger partial charge >= 0.3 is 0 Å². The maximum Gasteiger partial charge on any atom is 0.257 e. The number of anilines is 2. The van der Waals surface area contributed by atoms with Crippen molar-refractivity contribution >= 4 is 34.1 Å². The van der Waals surface area contributed by atoms with Crippen LogP contribution in [0.15, 0.2) is 66.1 Å². The summed E-state index contributed by atoms with van der Waals surface area (Å²) in [6.07, 6.45) is 3.34. The summed E-state index contributed by atoms with van der Waals surface area (Å²) in [4.78, 5) is 19.1. The maximum atomic E-state index is 13.0. The average molecular weight is 364 g/mol. The number of nitrogens with zero attached hydrogens (tertiary/aromatic N) is 2. The smallest absolute Gasteiger partial charge is 0.257 e. The topological polar surface area (TPSA) is 42.4 Å². The lowest BCUT2D eigenvalue weighted by Crippen LogP contribution is -2.23. The van der Waals surface area contributed by atoms with Crippen LogP contribution in [0.25, 0.3) is 6.08 Å². The van der Waals surface area contributed by atoms with Gasteiger partial charge in [0, 0.05) is 17.0 Å². The normalized spacial score (nSPS) is 10.8. The van der Waals surface area contributed by atoms with Gasteiger partial charge in [0.25, 0.3) is 5.91 Å². The first kappa shape index (κ1) is 17.9. The first-order valence-electron chi connectivity index (χ1n) is 8.40. The maximum absolute atomic E-state index is 13.0. The number of carbonyl (C=O) groups excluding carboxylic acids is 1. The van der Waals surface area contributed by atoms with E-state index in [1.54, 1.807) is 17.1 Å². The Morgan fingerprint density at radius 2 is 1.88 bits per heavy atom. The predicted molar refractivity (Wildman–Crippen MR) is 107 cm³/mol. The van der Waals surface area contributed by atoms with Gasteiger partial charge in [-0.2, -0.15) is 0 Å². The molecule has 1 amide bonds. The van der Waals surface area contributed by atoms with E-state index >= 15 is 0 Å². The van der Waals surface area contributed by atoms with Crippen molar-refractivity contribution in [3.8, 4) is 5.75 Å². The number of ether oxygens (including phenoxy) is 1. The highest BCUT2D eigenvalue weighted by molar-refractivity contribution is 7.14. The van der Waals surface area contributed by atoms with E-state index in [1.807, 2.05) is 73.8 Å². The lowest BCUT2D eigenvalue weighted by atomic mass is 10.2. The van der Waals surface area contributed by atoms with E-state index in [1.165, 1.54) is 11.3 Å². The number of hydrogen-bond acceptors (Lipinski definition) is 4. The number of amides is 1. The average Bonchev–Trinajstić information content (AvgIpc) is 3.08. The van der Waals surface area contributed by atoms with Crippen molar-refractivity contribution in [2.75, 3.05) is 11.5 Å². The Bertz CT molecular complexity index is 903. The van der Waals surface area contributed by atoms with Crippen molar-refractivity contribution in [1.82, 2.24) is 4.98 Å². The van der Waals surface area contributed by atoms with Crippen LogP contribution in [0.1, 0.15) is 18.2 Å². The number of carbonyl (C=O) groups is 1. The lowest BCUT2D eigenvalue weighted by molar-refractivity contribution is -0.113. The van der Waals surface area contributed by atoms with Crippen LogP contribution < -0.4 is 9.64 Å². The molecule has 3 rings (SSSR count). The fourth-order valence-electron chi connectivity index (χ4n) is 2.49. The molecule has 5 heteroatoms. The molecular formula is C21H20N2O2S. The van der Waals surface area contributed by atoms with E-state index in [4.69, 9.17) is 4.74 Å². The molecule has 0 atom stereocenters. The molecule has 0 aliphatic rings. The summed E-state index contributed by atoms with van der Waals surface area (Å²) in [5.41, 5.74) is 2.55. The first-order valence-corrected chi connectivity index (χ1v) is 9.28. The summed E-state index contributed by atoms with van der Waals surface area (Å²) in [6.45, 7) is 4.43. The molecule has 4 nitrogen and oxygen atoms in total. The molecular weight excluding hydrogens is 344 g/mol. The van der Waals surface area contributed by atoms with Crippen molar-refractivity contribution in [3.05, 3.63) is 77.3 Å². The zero-order chi connectivity index (χ0) is 18.4. The fourth-order valence-corrected chi connectivity index (χ4v) is 3.32. The highest BCUT2D eigenvalue weighted by Gasteiger charge is 2.18. The van der Waals surface area contributed by atoms with Gasteiger partial charge in [-0.15, -0.1) is 11.3 Å². The van der Waals surface area contributed by atoms with E-state index < -0.39 is 0 Å². The Morgan fingerprint density at radius 1 is 1.15 bits per heavy atom. The third-order valence-electron chi connectivity index (χ3n) is 3.66. The van der Waals surface area contributed by atoms with E-state index in [-0.39, 0.29) is 5.91 Å². The van der Waals surface area contributed by atoms with Gasteiger partial charge in [0.2, 0.25) is 0 Å². The molecule has 0 saturated carbocycles. The monoisotopic (exact) mass is 364 g/mol. The van der Waals surface area contributed by atoms with Gasteiger partial charge in [-0.05, 0) is 38.1 Å². The predicted octanol–water partition coefficient (Wildman–Crippen LogP) is 5.23. The van der Waals surface area contributed by atoms with Crippen molar-refractivity contribution < 1.29 is 9.53 Å². The Hall–Kier alpha value is -2.92. The molecule has 0 aliphatic heterocycles. The zero-order valence-corrected chi connectivity index (χ0v) is 15.6. The highest BCUT2D eigenvalue weighted by atomic mass is 32.1. The molecule has 0 unspecified atom stereocenters. The largest absolute Gasteiger partial charge is 0.493 e. The Labute approximate surface area is 157 Å². The minimum atomic E-state index is -0.156. The molecule has 0 N–H and O–H groups in total. The van der Waals surface area contributed by atoms with E-state index in [0.29, 0.717) is 11.7 Å². The van der Waals surface area contributed by atoms with E-state index in [9.17, 15) is 4.79 Å². The molecule has 0 bridgehead atoms. The minimum absolute atomic E-state index is 0.156. The molecule has 2 aromatic carbocycles. The van der Waals surface area contributed by atoms with Gasteiger partial charge in [0.15, 0.2) is 5.13 Å². The van der Waals surface area contributed by atoms with Gasteiger partial charge in [0.1, 0.15) is 5.75 Å². The Balaban J connectivity index is 1.91. The number of hydrogen-bond donors (Lipinski definition) is 0. The molecule has 0 radical (unpaired) electrons. The summed E-state index contributed by atoms with van der Waals surface area (Å²) in [5, 5.41) is 2.59. The van der Waals surface area contributed by atoms with Crippen LogP contribution in [-0.4, -0.2) is 17.5 Å².